The highest BCUT2D eigenvalue weighted by Crippen LogP contribution is 2.38. The minimum atomic E-state index is -4.38. The number of carboxylic acid groups (broad SMARTS) is 1. The fourth-order valence-electron chi connectivity index (χ4n) is 3.43. The van der Waals surface area contributed by atoms with Crippen molar-refractivity contribution < 1.29 is 37.3 Å². The number of hydrogen-bond acceptors (Lipinski definition) is 4. The first-order chi connectivity index (χ1) is 15.8. The average molecular weight is 481 g/mol. The molecule has 0 radical (unpaired) electrons. The van der Waals surface area contributed by atoms with E-state index in [1.165, 1.54) is 26.0 Å². The van der Waals surface area contributed by atoms with Gasteiger partial charge in [0.15, 0.2) is 5.60 Å². The van der Waals surface area contributed by atoms with Crippen LogP contribution in [0.5, 0.6) is 17.2 Å². The molecule has 0 aromatic heterocycles. The van der Waals surface area contributed by atoms with Gasteiger partial charge in [-0.15, -0.1) is 0 Å². The molecule has 0 amide bonds. The van der Waals surface area contributed by atoms with E-state index in [0.717, 1.165) is 24.5 Å². The molecule has 1 atom stereocenters. The lowest BCUT2D eigenvalue weighted by atomic mass is 10.0. The minimum absolute atomic E-state index is 0.255. The molecular formula is C26H31F3O5. The number of carboxylic acids is 1. The van der Waals surface area contributed by atoms with Gasteiger partial charge in [-0.3, -0.25) is 0 Å². The molecule has 0 saturated heterocycles. The monoisotopic (exact) mass is 480 g/mol. The lowest BCUT2D eigenvalue weighted by Crippen LogP contribution is -2.38. The maximum atomic E-state index is 13.1. The highest BCUT2D eigenvalue weighted by atomic mass is 19.4. The van der Waals surface area contributed by atoms with Crippen molar-refractivity contribution in [3.63, 3.8) is 0 Å². The van der Waals surface area contributed by atoms with Gasteiger partial charge in [-0.2, -0.15) is 13.2 Å². The molecular weight excluding hydrogens is 449 g/mol. The van der Waals surface area contributed by atoms with Crippen molar-refractivity contribution in [1.82, 2.24) is 0 Å². The molecule has 5 nitrogen and oxygen atoms in total. The van der Waals surface area contributed by atoms with Gasteiger partial charge in [0, 0.05) is 6.42 Å². The molecule has 2 aromatic carbocycles. The van der Waals surface area contributed by atoms with Gasteiger partial charge in [-0.05, 0) is 100 Å². The van der Waals surface area contributed by atoms with E-state index >= 15 is 0 Å². The van der Waals surface area contributed by atoms with Crippen molar-refractivity contribution in [3.05, 3.63) is 53.1 Å². The number of rotatable bonds is 11. The van der Waals surface area contributed by atoms with E-state index in [1.54, 1.807) is 25.1 Å². The van der Waals surface area contributed by atoms with Gasteiger partial charge in [0.1, 0.15) is 17.2 Å². The predicted octanol–water partition coefficient (Wildman–Crippen LogP) is 6.44. The molecule has 1 N–H and O–H groups in total. The fourth-order valence-corrected chi connectivity index (χ4v) is 3.43. The third-order valence-electron chi connectivity index (χ3n) is 5.74. The van der Waals surface area contributed by atoms with Crippen LogP contribution in [0.25, 0.3) is 0 Å². The third kappa shape index (κ3) is 7.05. The molecule has 3 rings (SSSR count). The summed E-state index contributed by atoms with van der Waals surface area (Å²) in [6.45, 7) is 6.97. The van der Waals surface area contributed by atoms with Crippen LogP contribution in [0, 0.1) is 12.8 Å². The molecule has 34 heavy (non-hydrogen) atoms. The Kier molecular flexibility index (Phi) is 7.68. The van der Waals surface area contributed by atoms with Crippen molar-refractivity contribution in [1.29, 1.82) is 0 Å². The molecule has 0 spiro atoms. The van der Waals surface area contributed by atoms with Crippen LogP contribution in [0.15, 0.2) is 36.4 Å². The minimum Gasteiger partial charge on any atom is -0.493 e. The molecule has 1 aliphatic rings. The van der Waals surface area contributed by atoms with E-state index in [9.17, 15) is 23.1 Å². The van der Waals surface area contributed by atoms with Gasteiger partial charge in [0.25, 0.3) is 0 Å². The van der Waals surface area contributed by atoms with Crippen LogP contribution in [0.1, 0.15) is 56.7 Å². The Bertz CT molecular complexity index is 1010. The van der Waals surface area contributed by atoms with E-state index in [0.29, 0.717) is 48.2 Å². The van der Waals surface area contributed by atoms with Crippen LogP contribution >= 0.6 is 0 Å². The number of aliphatic carboxylic acids is 1. The number of halogens is 3. The van der Waals surface area contributed by atoms with E-state index in [-0.39, 0.29) is 6.10 Å². The number of aryl methyl sites for hydroxylation is 1. The fraction of sp³-hybridized carbons (Fsp3) is 0.500. The van der Waals surface area contributed by atoms with Crippen molar-refractivity contribution in [2.45, 2.75) is 71.3 Å². The Morgan fingerprint density at radius 1 is 1.12 bits per heavy atom. The van der Waals surface area contributed by atoms with Gasteiger partial charge in [-0.25, -0.2) is 4.79 Å². The van der Waals surface area contributed by atoms with Gasteiger partial charge in [-0.1, -0.05) is 0 Å². The van der Waals surface area contributed by atoms with Crippen molar-refractivity contribution in [3.8, 4) is 17.2 Å². The summed E-state index contributed by atoms with van der Waals surface area (Å²) in [5.74, 6) is 0.928. The third-order valence-corrected chi connectivity index (χ3v) is 5.74. The smallest absolute Gasteiger partial charge is 0.416 e. The molecule has 1 unspecified atom stereocenters. The highest BCUT2D eigenvalue weighted by molar-refractivity contribution is 5.76. The van der Waals surface area contributed by atoms with Crippen LogP contribution < -0.4 is 14.2 Å². The van der Waals surface area contributed by atoms with Crippen LogP contribution in [0.4, 0.5) is 13.2 Å². The summed E-state index contributed by atoms with van der Waals surface area (Å²) in [7, 11) is 0. The quantitative estimate of drug-likeness (QED) is 0.401. The lowest BCUT2D eigenvalue weighted by Gasteiger charge is -2.23. The van der Waals surface area contributed by atoms with Crippen molar-refractivity contribution in [2.24, 2.45) is 5.92 Å². The molecule has 186 valence electrons. The van der Waals surface area contributed by atoms with Gasteiger partial charge >= 0.3 is 12.1 Å². The Morgan fingerprint density at radius 2 is 1.79 bits per heavy atom. The highest BCUT2D eigenvalue weighted by Gasteiger charge is 2.32. The topological polar surface area (TPSA) is 65.0 Å². The summed E-state index contributed by atoms with van der Waals surface area (Å²) in [6.07, 6.45) is -1.43. The lowest BCUT2D eigenvalue weighted by molar-refractivity contribution is -0.152. The second-order valence-corrected chi connectivity index (χ2v) is 9.38. The van der Waals surface area contributed by atoms with Crippen LogP contribution in [-0.4, -0.2) is 29.4 Å². The van der Waals surface area contributed by atoms with Crippen LogP contribution in [-0.2, 0) is 17.4 Å². The summed E-state index contributed by atoms with van der Waals surface area (Å²) in [6, 6.07) is 8.82. The molecule has 1 aliphatic carbocycles. The van der Waals surface area contributed by atoms with E-state index in [1.807, 2.05) is 6.92 Å². The predicted molar refractivity (Wildman–Crippen MR) is 122 cm³/mol. The number of alkyl halides is 3. The zero-order valence-corrected chi connectivity index (χ0v) is 19.9. The summed E-state index contributed by atoms with van der Waals surface area (Å²) in [4.78, 5) is 11.3. The first kappa shape index (κ1) is 25.7. The van der Waals surface area contributed by atoms with Crippen LogP contribution in [0.2, 0.25) is 0 Å². The summed E-state index contributed by atoms with van der Waals surface area (Å²) in [5, 5.41) is 9.22. The van der Waals surface area contributed by atoms with E-state index in [4.69, 9.17) is 14.2 Å². The molecule has 0 aliphatic heterocycles. The Morgan fingerprint density at radius 3 is 2.38 bits per heavy atom. The Labute approximate surface area is 197 Å². The second kappa shape index (κ2) is 10.2. The average Bonchev–Trinajstić information content (AvgIpc) is 3.54. The number of ether oxygens (including phenoxy) is 3. The SMILES string of the molecule is Cc1cc(OCCC(C)Oc2ccc(C(F)(F)F)cc2CC2CC2)ccc1OC(C)(C)C(=O)O. The van der Waals surface area contributed by atoms with E-state index < -0.39 is 23.3 Å². The van der Waals surface area contributed by atoms with Crippen molar-refractivity contribution in [2.75, 3.05) is 6.61 Å². The standard InChI is InChI=1S/C26H31F3O5/c1-16-13-21(8-10-22(16)34-25(3,4)24(30)31)32-12-11-17(2)33-23-9-7-20(26(27,28)29)15-19(23)14-18-5-6-18/h7-10,13,15,17-18H,5-6,11-12,14H2,1-4H3,(H,30,31). The molecule has 1 fully saturated rings. The number of carbonyl (C=O) groups is 1. The first-order valence-corrected chi connectivity index (χ1v) is 11.4. The van der Waals surface area contributed by atoms with Gasteiger partial charge in [0.05, 0.1) is 18.3 Å². The van der Waals surface area contributed by atoms with Crippen molar-refractivity contribution >= 4 is 5.97 Å². The molecule has 1 saturated carbocycles. The maximum absolute atomic E-state index is 13.1. The maximum Gasteiger partial charge on any atom is 0.416 e. The first-order valence-electron chi connectivity index (χ1n) is 11.4. The summed E-state index contributed by atoms with van der Waals surface area (Å²) in [5.41, 5.74) is -0.663. The van der Waals surface area contributed by atoms with Gasteiger partial charge < -0.3 is 19.3 Å². The normalized spacial score (nSPS) is 15.0. The zero-order chi connectivity index (χ0) is 25.1. The summed E-state index contributed by atoms with van der Waals surface area (Å²) < 4.78 is 56.7. The number of benzene rings is 2. The Hall–Kier alpha value is -2.90. The number of hydrogen-bond donors (Lipinski definition) is 1. The summed E-state index contributed by atoms with van der Waals surface area (Å²) >= 11 is 0. The molecule has 0 heterocycles. The van der Waals surface area contributed by atoms with Gasteiger partial charge in [0.2, 0.25) is 0 Å². The van der Waals surface area contributed by atoms with Crippen LogP contribution in [0.3, 0.4) is 0 Å². The van der Waals surface area contributed by atoms with E-state index in [2.05, 4.69) is 0 Å². The largest absolute Gasteiger partial charge is 0.493 e. The molecule has 0 bridgehead atoms. The Balaban J connectivity index is 1.56. The molecule has 8 heteroatoms. The second-order valence-electron chi connectivity index (χ2n) is 9.38. The molecule has 2 aromatic rings. The zero-order valence-electron chi connectivity index (χ0n) is 19.9.